The maximum absolute atomic E-state index is 13.0. The van der Waals surface area contributed by atoms with Gasteiger partial charge in [-0.3, -0.25) is 4.79 Å². The van der Waals surface area contributed by atoms with Crippen LogP contribution in [0.5, 0.6) is 5.75 Å². The van der Waals surface area contributed by atoms with Crippen molar-refractivity contribution < 1.29 is 32.0 Å². The molecular weight excluding hydrogens is 386 g/mol. The van der Waals surface area contributed by atoms with Gasteiger partial charge in [0.05, 0.1) is 16.8 Å². The molecule has 29 heavy (non-hydrogen) atoms. The lowest BCUT2D eigenvalue weighted by Gasteiger charge is -2.32. The number of benzene rings is 1. The Bertz CT molecular complexity index is 765. The second-order valence-electron chi connectivity index (χ2n) is 8.89. The van der Waals surface area contributed by atoms with Crippen molar-refractivity contribution >= 4 is 18.5 Å². The molecule has 3 rings (SSSR count). The molecule has 1 atom stereocenters. The molecule has 9 heteroatoms. The van der Waals surface area contributed by atoms with Crippen LogP contribution in [0.25, 0.3) is 0 Å². The summed E-state index contributed by atoms with van der Waals surface area (Å²) in [6.45, 7) is 10.5. The normalized spacial score (nSPS) is 23.9. The Morgan fingerprint density at radius 2 is 1.83 bits per heavy atom. The lowest BCUT2D eigenvalue weighted by Crippen LogP contribution is -2.41. The molecule has 0 bridgehead atoms. The van der Waals surface area contributed by atoms with Crippen molar-refractivity contribution in [3.63, 3.8) is 0 Å². The lowest BCUT2D eigenvalue weighted by molar-refractivity contribution is -0.274. The van der Waals surface area contributed by atoms with Crippen LogP contribution in [0.1, 0.15) is 57.8 Å². The van der Waals surface area contributed by atoms with Crippen molar-refractivity contribution in [2.45, 2.75) is 65.0 Å². The van der Waals surface area contributed by atoms with E-state index in [2.05, 4.69) is 4.74 Å². The summed E-state index contributed by atoms with van der Waals surface area (Å²) in [6, 6.07) is 4.12. The summed E-state index contributed by atoms with van der Waals surface area (Å²) in [5.41, 5.74) is -1.02. The van der Waals surface area contributed by atoms with Crippen LogP contribution in [0.15, 0.2) is 18.2 Å². The summed E-state index contributed by atoms with van der Waals surface area (Å²) >= 11 is 0. The quantitative estimate of drug-likeness (QED) is 0.709. The van der Waals surface area contributed by atoms with E-state index >= 15 is 0 Å². The minimum atomic E-state index is -4.92. The monoisotopic (exact) mass is 413 g/mol. The van der Waals surface area contributed by atoms with Crippen molar-refractivity contribution in [1.82, 2.24) is 4.90 Å². The molecule has 2 aliphatic rings. The highest BCUT2D eigenvalue weighted by atomic mass is 19.4. The molecule has 2 saturated heterocycles. The van der Waals surface area contributed by atoms with Crippen LogP contribution >= 0.6 is 0 Å². The van der Waals surface area contributed by atoms with Crippen LogP contribution in [-0.4, -0.2) is 48.6 Å². The summed E-state index contributed by atoms with van der Waals surface area (Å²) in [5.74, 6) is -0.687. The van der Waals surface area contributed by atoms with Gasteiger partial charge < -0.3 is 18.9 Å². The predicted octanol–water partition coefficient (Wildman–Crippen LogP) is 3.76. The standard InChI is InChI=1S/C20H27BF3NO4/c1-13-7-6-10-25(12-13)17(26)15-9-8-14(11-16(15)27-20(22,23)24)21-28-18(2,3)19(4,5)29-21/h8-9,11,13H,6-7,10,12H2,1-5H3. The molecule has 160 valence electrons. The Morgan fingerprint density at radius 3 is 2.38 bits per heavy atom. The number of rotatable bonds is 3. The highest BCUT2D eigenvalue weighted by Crippen LogP contribution is 2.37. The number of alkyl halides is 3. The molecule has 0 N–H and O–H groups in total. The largest absolute Gasteiger partial charge is 0.573 e. The summed E-state index contributed by atoms with van der Waals surface area (Å²) in [6.07, 6.45) is -3.09. The zero-order valence-electron chi connectivity index (χ0n) is 17.4. The van der Waals surface area contributed by atoms with E-state index in [-0.39, 0.29) is 5.56 Å². The second kappa shape index (κ2) is 7.50. The molecule has 2 aliphatic heterocycles. The van der Waals surface area contributed by atoms with Crippen molar-refractivity contribution in [2.75, 3.05) is 13.1 Å². The number of nitrogens with zero attached hydrogens (tertiary/aromatic N) is 1. The van der Waals surface area contributed by atoms with E-state index in [9.17, 15) is 18.0 Å². The van der Waals surface area contributed by atoms with Crippen LogP contribution < -0.4 is 10.2 Å². The van der Waals surface area contributed by atoms with Gasteiger partial charge in [-0.25, -0.2) is 0 Å². The fraction of sp³-hybridized carbons (Fsp3) is 0.650. The third kappa shape index (κ3) is 4.72. The Kier molecular flexibility index (Phi) is 5.68. The topological polar surface area (TPSA) is 48.0 Å². The average molecular weight is 413 g/mol. The van der Waals surface area contributed by atoms with E-state index in [0.29, 0.717) is 24.5 Å². The number of halogens is 3. The van der Waals surface area contributed by atoms with Gasteiger partial charge in [-0.15, -0.1) is 13.2 Å². The average Bonchev–Trinajstić information content (AvgIpc) is 2.80. The first-order chi connectivity index (χ1) is 13.3. The van der Waals surface area contributed by atoms with E-state index in [0.717, 1.165) is 12.8 Å². The van der Waals surface area contributed by atoms with Crippen molar-refractivity contribution in [2.24, 2.45) is 5.92 Å². The van der Waals surface area contributed by atoms with Gasteiger partial charge in [0.15, 0.2) is 0 Å². The first-order valence-electron chi connectivity index (χ1n) is 9.84. The third-order valence-corrected chi connectivity index (χ3v) is 5.93. The molecule has 1 unspecified atom stereocenters. The van der Waals surface area contributed by atoms with Gasteiger partial charge in [-0.05, 0) is 64.1 Å². The molecule has 0 radical (unpaired) electrons. The Morgan fingerprint density at radius 1 is 1.21 bits per heavy atom. The van der Waals surface area contributed by atoms with Gasteiger partial charge >= 0.3 is 13.5 Å². The molecule has 0 aliphatic carbocycles. The Balaban J connectivity index is 1.93. The molecule has 1 aromatic carbocycles. The van der Waals surface area contributed by atoms with Crippen LogP contribution in [0.4, 0.5) is 13.2 Å². The first kappa shape index (κ1) is 22.0. The molecule has 1 aromatic rings. The number of carbonyl (C=O) groups is 1. The lowest BCUT2D eigenvalue weighted by atomic mass is 9.78. The minimum Gasteiger partial charge on any atom is -0.405 e. The molecule has 2 fully saturated rings. The molecule has 0 aromatic heterocycles. The number of piperidine rings is 1. The van der Waals surface area contributed by atoms with Crippen molar-refractivity contribution in [3.8, 4) is 5.75 Å². The summed E-state index contributed by atoms with van der Waals surface area (Å²) in [4.78, 5) is 14.5. The maximum Gasteiger partial charge on any atom is 0.573 e. The van der Waals surface area contributed by atoms with Gasteiger partial charge in [-0.1, -0.05) is 13.0 Å². The minimum absolute atomic E-state index is 0.114. The third-order valence-electron chi connectivity index (χ3n) is 5.93. The number of ether oxygens (including phenoxy) is 1. The van der Waals surface area contributed by atoms with E-state index in [1.807, 2.05) is 34.6 Å². The van der Waals surface area contributed by atoms with Gasteiger partial charge in [0.2, 0.25) is 0 Å². The summed E-state index contributed by atoms with van der Waals surface area (Å²) in [7, 11) is -0.852. The zero-order valence-corrected chi connectivity index (χ0v) is 17.4. The highest BCUT2D eigenvalue weighted by molar-refractivity contribution is 6.62. The van der Waals surface area contributed by atoms with Crippen molar-refractivity contribution in [3.05, 3.63) is 23.8 Å². The molecular formula is C20H27BF3NO4. The number of amides is 1. The summed E-state index contributed by atoms with van der Waals surface area (Å²) in [5, 5.41) is 0. The second-order valence-corrected chi connectivity index (χ2v) is 8.89. The maximum atomic E-state index is 13.0. The van der Waals surface area contributed by atoms with Crippen LogP contribution in [0.2, 0.25) is 0 Å². The van der Waals surface area contributed by atoms with Gasteiger partial charge in [0.25, 0.3) is 5.91 Å². The molecule has 1 amide bonds. The first-order valence-corrected chi connectivity index (χ1v) is 9.84. The molecule has 5 nitrogen and oxygen atoms in total. The molecule has 0 spiro atoms. The zero-order chi connectivity index (χ0) is 21.6. The van der Waals surface area contributed by atoms with Crippen LogP contribution in [-0.2, 0) is 9.31 Å². The number of hydrogen-bond donors (Lipinski definition) is 0. The molecule has 2 heterocycles. The fourth-order valence-corrected chi connectivity index (χ4v) is 3.59. The number of likely N-dealkylation sites (tertiary alicyclic amines) is 1. The fourth-order valence-electron chi connectivity index (χ4n) is 3.59. The molecule has 0 saturated carbocycles. The highest BCUT2D eigenvalue weighted by Gasteiger charge is 2.52. The van der Waals surface area contributed by atoms with E-state index in [1.54, 1.807) is 11.0 Å². The van der Waals surface area contributed by atoms with Gasteiger partial charge in [-0.2, -0.15) is 0 Å². The Labute approximate surface area is 169 Å². The number of carbonyl (C=O) groups excluding carboxylic acids is 1. The summed E-state index contributed by atoms with van der Waals surface area (Å²) < 4.78 is 55.1. The van der Waals surface area contributed by atoms with Crippen LogP contribution in [0, 0.1) is 5.92 Å². The predicted molar refractivity (Wildman–Crippen MR) is 103 cm³/mol. The van der Waals surface area contributed by atoms with E-state index in [1.165, 1.54) is 12.1 Å². The van der Waals surface area contributed by atoms with Crippen LogP contribution in [0.3, 0.4) is 0 Å². The Hall–Kier alpha value is -1.74. The SMILES string of the molecule is CC1CCCN(C(=O)c2ccc(B3OC(C)(C)C(C)(C)O3)cc2OC(F)(F)F)C1. The number of hydrogen-bond acceptors (Lipinski definition) is 4. The van der Waals surface area contributed by atoms with Gasteiger partial charge in [0.1, 0.15) is 5.75 Å². The smallest absolute Gasteiger partial charge is 0.405 e. The van der Waals surface area contributed by atoms with E-state index < -0.39 is 36.3 Å². The van der Waals surface area contributed by atoms with Gasteiger partial charge in [0, 0.05) is 13.1 Å². The van der Waals surface area contributed by atoms with Crippen molar-refractivity contribution in [1.29, 1.82) is 0 Å². The van der Waals surface area contributed by atoms with E-state index in [4.69, 9.17) is 9.31 Å².